The molecule has 0 saturated heterocycles. The van der Waals surface area contributed by atoms with Crippen LogP contribution in [0.15, 0.2) is 30.5 Å². The van der Waals surface area contributed by atoms with Crippen LogP contribution in [-0.2, 0) is 6.18 Å². The van der Waals surface area contributed by atoms with Crippen LogP contribution in [0, 0.1) is 6.92 Å². The molecule has 0 N–H and O–H groups in total. The number of aldehydes is 1. The summed E-state index contributed by atoms with van der Waals surface area (Å²) in [5.41, 5.74) is -0.570. The summed E-state index contributed by atoms with van der Waals surface area (Å²) >= 11 is 0. The summed E-state index contributed by atoms with van der Waals surface area (Å²) in [6.45, 7) is 1.68. The molecule has 1 aromatic carbocycles. The van der Waals surface area contributed by atoms with E-state index >= 15 is 0 Å². The molecule has 18 heavy (non-hydrogen) atoms. The van der Waals surface area contributed by atoms with Crippen molar-refractivity contribution in [1.82, 2.24) is 9.78 Å². The van der Waals surface area contributed by atoms with Crippen LogP contribution in [0.3, 0.4) is 0 Å². The molecule has 0 aliphatic heterocycles. The lowest BCUT2D eigenvalue weighted by molar-refractivity contribution is -0.143. The van der Waals surface area contributed by atoms with Crippen LogP contribution in [0.2, 0.25) is 0 Å². The first-order valence-electron chi connectivity index (χ1n) is 5.11. The summed E-state index contributed by atoms with van der Waals surface area (Å²) in [6, 6.07) is 6.53. The Kier molecular flexibility index (Phi) is 2.94. The minimum atomic E-state index is -4.63. The van der Waals surface area contributed by atoms with Crippen molar-refractivity contribution in [2.24, 2.45) is 0 Å². The van der Waals surface area contributed by atoms with Crippen LogP contribution in [0.25, 0.3) is 5.69 Å². The number of benzene rings is 1. The molecule has 0 bridgehead atoms. The highest BCUT2D eigenvalue weighted by atomic mass is 19.4. The van der Waals surface area contributed by atoms with E-state index < -0.39 is 17.4 Å². The smallest absolute Gasteiger partial charge is 0.298 e. The van der Waals surface area contributed by atoms with E-state index in [4.69, 9.17) is 0 Å². The van der Waals surface area contributed by atoms with E-state index in [0.29, 0.717) is 11.3 Å². The van der Waals surface area contributed by atoms with Crippen molar-refractivity contribution < 1.29 is 18.0 Å². The molecule has 1 aromatic heterocycles. The van der Waals surface area contributed by atoms with Gasteiger partial charge in [-0.3, -0.25) is 4.79 Å². The summed E-state index contributed by atoms with van der Waals surface area (Å²) in [5.74, 6) is 0. The molecular weight excluding hydrogens is 245 g/mol. The fraction of sp³-hybridized carbons (Fsp3) is 0.167. The predicted octanol–water partition coefficient (Wildman–Crippen LogP) is 3.01. The molecule has 0 radical (unpaired) electrons. The number of para-hydroxylation sites is 1. The Hall–Kier alpha value is -2.11. The third kappa shape index (κ3) is 2.01. The van der Waals surface area contributed by atoms with Crippen LogP contribution in [0.1, 0.15) is 21.6 Å². The first-order chi connectivity index (χ1) is 8.45. The van der Waals surface area contributed by atoms with Crippen LogP contribution in [0.5, 0.6) is 0 Å². The molecule has 0 saturated carbocycles. The fourth-order valence-corrected chi connectivity index (χ4v) is 1.71. The van der Waals surface area contributed by atoms with Gasteiger partial charge < -0.3 is 0 Å². The number of halogens is 3. The summed E-state index contributed by atoms with van der Waals surface area (Å²) in [7, 11) is 0. The second kappa shape index (κ2) is 4.29. The number of aryl methyl sites for hydroxylation is 1. The molecule has 6 heteroatoms. The zero-order valence-electron chi connectivity index (χ0n) is 9.40. The highest BCUT2D eigenvalue weighted by Gasteiger charge is 2.38. The van der Waals surface area contributed by atoms with Gasteiger partial charge in [-0.05, 0) is 18.6 Å². The zero-order chi connectivity index (χ0) is 13.3. The van der Waals surface area contributed by atoms with Crippen LogP contribution in [-0.4, -0.2) is 16.1 Å². The topological polar surface area (TPSA) is 34.9 Å². The van der Waals surface area contributed by atoms with Gasteiger partial charge in [-0.25, -0.2) is 4.68 Å². The molecule has 0 amide bonds. The zero-order valence-corrected chi connectivity index (χ0v) is 9.40. The average molecular weight is 254 g/mol. The lowest BCUT2D eigenvalue weighted by atomic mass is 10.2. The standard InChI is InChI=1S/C12H9F3N2O/c1-8-4-2-3-5-10(8)17-11(12(13,14)15)9(7-18)6-16-17/h2-7H,1H3. The molecule has 0 unspecified atom stereocenters. The Balaban J connectivity index is 2.70. The van der Waals surface area contributed by atoms with Crippen LogP contribution >= 0.6 is 0 Å². The van der Waals surface area contributed by atoms with E-state index in [0.717, 1.165) is 10.9 Å². The molecule has 0 spiro atoms. The van der Waals surface area contributed by atoms with Crippen molar-refractivity contribution in [2.45, 2.75) is 13.1 Å². The van der Waals surface area contributed by atoms with Crippen molar-refractivity contribution in [3.63, 3.8) is 0 Å². The number of hydrogen-bond donors (Lipinski definition) is 0. The number of hydrogen-bond acceptors (Lipinski definition) is 2. The number of carbonyl (C=O) groups excluding carboxylic acids is 1. The molecular formula is C12H9F3N2O. The van der Waals surface area contributed by atoms with Crippen molar-refractivity contribution in [2.75, 3.05) is 0 Å². The maximum atomic E-state index is 12.9. The van der Waals surface area contributed by atoms with Gasteiger partial charge in [0.2, 0.25) is 0 Å². The van der Waals surface area contributed by atoms with Gasteiger partial charge in [-0.15, -0.1) is 0 Å². The second-order valence-electron chi connectivity index (χ2n) is 3.76. The molecule has 0 aliphatic rings. The maximum absolute atomic E-state index is 12.9. The Morgan fingerprint density at radius 3 is 2.50 bits per heavy atom. The molecule has 2 rings (SSSR count). The van der Waals surface area contributed by atoms with Gasteiger partial charge in [0.05, 0.1) is 17.4 Å². The Labute approximate surface area is 101 Å². The first-order valence-corrected chi connectivity index (χ1v) is 5.11. The average Bonchev–Trinajstić information content (AvgIpc) is 2.73. The van der Waals surface area contributed by atoms with E-state index in [2.05, 4.69) is 5.10 Å². The lowest BCUT2D eigenvalue weighted by Gasteiger charge is -2.12. The van der Waals surface area contributed by atoms with Crippen LogP contribution in [0.4, 0.5) is 13.2 Å². The predicted molar refractivity (Wildman–Crippen MR) is 58.7 cm³/mol. The van der Waals surface area contributed by atoms with Gasteiger partial charge in [-0.2, -0.15) is 18.3 Å². The third-order valence-corrected chi connectivity index (χ3v) is 2.54. The summed E-state index contributed by atoms with van der Waals surface area (Å²) in [4.78, 5) is 10.7. The second-order valence-corrected chi connectivity index (χ2v) is 3.76. The van der Waals surface area contributed by atoms with Gasteiger partial charge in [0, 0.05) is 0 Å². The van der Waals surface area contributed by atoms with Gasteiger partial charge in [0.25, 0.3) is 0 Å². The number of nitrogens with zero attached hydrogens (tertiary/aromatic N) is 2. The van der Waals surface area contributed by atoms with E-state index in [1.165, 1.54) is 6.07 Å². The molecule has 0 aliphatic carbocycles. The van der Waals surface area contributed by atoms with E-state index in [9.17, 15) is 18.0 Å². The summed E-state index contributed by atoms with van der Waals surface area (Å²) in [6.07, 6.45) is -3.55. The molecule has 0 atom stereocenters. The molecule has 2 aromatic rings. The fourth-order valence-electron chi connectivity index (χ4n) is 1.71. The third-order valence-electron chi connectivity index (χ3n) is 2.54. The summed E-state index contributed by atoms with van der Waals surface area (Å²) < 4.78 is 39.5. The van der Waals surface area contributed by atoms with Crippen LogP contribution < -0.4 is 0 Å². The first kappa shape index (κ1) is 12.3. The molecule has 1 heterocycles. The molecule has 94 valence electrons. The minimum Gasteiger partial charge on any atom is -0.298 e. The van der Waals surface area contributed by atoms with Gasteiger partial charge in [0.15, 0.2) is 12.0 Å². The SMILES string of the molecule is Cc1ccccc1-n1ncc(C=O)c1C(F)(F)F. The number of rotatable bonds is 2. The molecule has 3 nitrogen and oxygen atoms in total. The monoisotopic (exact) mass is 254 g/mol. The molecule has 0 fully saturated rings. The van der Waals surface area contributed by atoms with Crippen molar-refractivity contribution in [3.05, 3.63) is 47.3 Å². The number of aromatic nitrogens is 2. The minimum absolute atomic E-state index is 0.157. The van der Waals surface area contributed by atoms with Crippen molar-refractivity contribution in [3.8, 4) is 5.69 Å². The normalized spacial score (nSPS) is 11.6. The Morgan fingerprint density at radius 1 is 1.28 bits per heavy atom. The van der Waals surface area contributed by atoms with Crippen molar-refractivity contribution in [1.29, 1.82) is 0 Å². The Bertz CT molecular complexity index is 587. The number of carbonyl (C=O) groups is 1. The van der Waals surface area contributed by atoms with Gasteiger partial charge >= 0.3 is 6.18 Å². The Morgan fingerprint density at radius 2 is 1.94 bits per heavy atom. The highest BCUT2D eigenvalue weighted by molar-refractivity contribution is 5.76. The lowest BCUT2D eigenvalue weighted by Crippen LogP contribution is -2.16. The van der Waals surface area contributed by atoms with Gasteiger partial charge in [-0.1, -0.05) is 18.2 Å². The van der Waals surface area contributed by atoms with E-state index in [1.807, 2.05) is 0 Å². The van der Waals surface area contributed by atoms with E-state index in [-0.39, 0.29) is 6.29 Å². The van der Waals surface area contributed by atoms with E-state index in [1.54, 1.807) is 25.1 Å². The van der Waals surface area contributed by atoms with Gasteiger partial charge in [0.1, 0.15) is 0 Å². The highest BCUT2D eigenvalue weighted by Crippen LogP contribution is 2.33. The quantitative estimate of drug-likeness (QED) is 0.772. The largest absolute Gasteiger partial charge is 0.434 e. The van der Waals surface area contributed by atoms with Crippen molar-refractivity contribution >= 4 is 6.29 Å². The number of alkyl halides is 3. The summed E-state index contributed by atoms with van der Waals surface area (Å²) in [5, 5.41) is 3.65. The maximum Gasteiger partial charge on any atom is 0.434 e.